The number of benzene rings is 1. The predicted molar refractivity (Wildman–Crippen MR) is 169 cm³/mol. The van der Waals surface area contributed by atoms with Gasteiger partial charge >= 0.3 is 0 Å². The van der Waals surface area contributed by atoms with Gasteiger partial charge in [-0.15, -0.1) is 0 Å². The molecule has 232 valence electrons. The van der Waals surface area contributed by atoms with E-state index in [0.29, 0.717) is 23.3 Å². The fourth-order valence-corrected chi connectivity index (χ4v) is 7.20. The zero-order valence-electron chi connectivity index (χ0n) is 26.0. The third kappa shape index (κ3) is 6.44. The fourth-order valence-electron chi connectivity index (χ4n) is 7.20. The van der Waals surface area contributed by atoms with E-state index in [1.54, 1.807) is 11.1 Å². The molecule has 2 aromatic rings. The van der Waals surface area contributed by atoms with Crippen molar-refractivity contribution in [3.05, 3.63) is 30.0 Å². The zero-order valence-corrected chi connectivity index (χ0v) is 26.0. The van der Waals surface area contributed by atoms with Crippen molar-refractivity contribution in [2.24, 2.45) is 0 Å². The van der Waals surface area contributed by atoms with Crippen LogP contribution in [-0.4, -0.2) is 78.1 Å². The number of fused-ring (bicyclic) bond motifs is 1. The molecule has 0 bridgehead atoms. The first kappa shape index (κ1) is 29.7. The first-order valence-corrected chi connectivity index (χ1v) is 16.4. The zero-order chi connectivity index (χ0) is 29.9. The van der Waals surface area contributed by atoms with Crippen molar-refractivity contribution >= 4 is 35.0 Å². The molecule has 3 heterocycles. The molecule has 2 aliphatic carbocycles. The van der Waals surface area contributed by atoms with Crippen LogP contribution in [-0.2, 0) is 4.79 Å². The Morgan fingerprint density at radius 3 is 2.47 bits per heavy atom. The van der Waals surface area contributed by atoms with Crippen LogP contribution in [0.25, 0.3) is 0 Å². The van der Waals surface area contributed by atoms with Gasteiger partial charge in [-0.25, -0.2) is 4.98 Å². The largest absolute Gasteiger partial charge is 0.488 e. The number of amides is 2. The molecule has 2 N–H and O–H groups in total. The van der Waals surface area contributed by atoms with E-state index in [2.05, 4.69) is 39.4 Å². The van der Waals surface area contributed by atoms with Crippen LogP contribution >= 0.6 is 0 Å². The lowest BCUT2D eigenvalue weighted by Crippen LogP contribution is -2.55. The molecular formula is C33H47N7O3. The van der Waals surface area contributed by atoms with E-state index >= 15 is 0 Å². The van der Waals surface area contributed by atoms with Crippen molar-refractivity contribution in [3.8, 4) is 5.75 Å². The lowest BCUT2D eigenvalue weighted by molar-refractivity contribution is -0.120. The summed E-state index contributed by atoms with van der Waals surface area (Å²) in [6.07, 6.45) is 14.4. The summed E-state index contributed by atoms with van der Waals surface area (Å²) >= 11 is 0. The Bertz CT molecular complexity index is 1300. The van der Waals surface area contributed by atoms with Gasteiger partial charge in [0.1, 0.15) is 17.5 Å². The van der Waals surface area contributed by atoms with Crippen LogP contribution in [0.4, 0.5) is 23.1 Å². The van der Waals surface area contributed by atoms with Crippen LogP contribution < -0.4 is 25.2 Å². The van der Waals surface area contributed by atoms with E-state index in [4.69, 9.17) is 9.72 Å². The second-order valence-corrected chi connectivity index (χ2v) is 12.9. The topological polar surface area (TPSA) is 103 Å². The molecular weight excluding hydrogens is 542 g/mol. The van der Waals surface area contributed by atoms with Gasteiger partial charge in [0, 0.05) is 24.7 Å². The third-order valence-electron chi connectivity index (χ3n) is 9.73. The van der Waals surface area contributed by atoms with Crippen molar-refractivity contribution in [2.45, 2.75) is 108 Å². The van der Waals surface area contributed by atoms with Crippen molar-refractivity contribution in [1.29, 1.82) is 0 Å². The van der Waals surface area contributed by atoms with Crippen molar-refractivity contribution < 1.29 is 14.3 Å². The van der Waals surface area contributed by atoms with Gasteiger partial charge in [-0.3, -0.25) is 9.59 Å². The summed E-state index contributed by atoms with van der Waals surface area (Å²) < 4.78 is 6.50. The predicted octanol–water partition coefficient (Wildman–Crippen LogP) is 5.26. The number of hydrogen-bond donors (Lipinski definition) is 2. The number of carbonyl (C=O) groups excluding carboxylic acids is 2. The molecule has 1 saturated heterocycles. The maximum Gasteiger partial charge on any atom is 0.251 e. The number of hydrogen-bond acceptors (Lipinski definition) is 8. The number of aromatic nitrogens is 2. The minimum Gasteiger partial charge on any atom is -0.488 e. The smallest absolute Gasteiger partial charge is 0.251 e. The number of piperidine rings is 1. The molecule has 43 heavy (non-hydrogen) atoms. The summed E-state index contributed by atoms with van der Waals surface area (Å²) in [5, 5.41) is 6.65. The maximum atomic E-state index is 13.4. The van der Waals surface area contributed by atoms with Crippen LogP contribution in [0.2, 0.25) is 0 Å². The number of rotatable bonds is 9. The Kier molecular flexibility index (Phi) is 9.02. The molecule has 1 atom stereocenters. The Labute approximate surface area is 255 Å². The molecule has 3 fully saturated rings. The first-order chi connectivity index (χ1) is 20.9. The highest BCUT2D eigenvalue weighted by Gasteiger charge is 2.41. The first-order valence-electron chi connectivity index (χ1n) is 16.4. The second-order valence-electron chi connectivity index (χ2n) is 12.9. The molecule has 1 aromatic carbocycles. The van der Waals surface area contributed by atoms with E-state index in [0.717, 1.165) is 94.5 Å². The van der Waals surface area contributed by atoms with Gasteiger partial charge < -0.3 is 30.1 Å². The van der Waals surface area contributed by atoms with Crippen LogP contribution in [0, 0.1) is 0 Å². The van der Waals surface area contributed by atoms with Crippen LogP contribution in [0.1, 0.15) is 94.3 Å². The van der Waals surface area contributed by atoms with E-state index in [1.807, 2.05) is 25.2 Å². The minimum atomic E-state index is -0.211. The van der Waals surface area contributed by atoms with E-state index in [-0.39, 0.29) is 30.0 Å². The Balaban J connectivity index is 1.28. The molecule has 1 aromatic heterocycles. The Morgan fingerprint density at radius 2 is 1.74 bits per heavy atom. The SMILES string of the molecule is CCC[C@@H]1C(=O)N(C)c2cnc(Nc3ccc(C(=O)NC4CCN(C)CC4)cc3OC3CCCC3)nc2N1C1CCCC1. The molecule has 10 heteroatoms. The summed E-state index contributed by atoms with van der Waals surface area (Å²) in [5.74, 6) is 1.97. The molecule has 0 spiro atoms. The van der Waals surface area contributed by atoms with Crippen LogP contribution in [0.3, 0.4) is 0 Å². The second kappa shape index (κ2) is 13.1. The summed E-state index contributed by atoms with van der Waals surface area (Å²) in [4.78, 5) is 42.6. The average Bonchev–Trinajstić information content (AvgIpc) is 3.73. The van der Waals surface area contributed by atoms with Gasteiger partial charge in [0.2, 0.25) is 11.9 Å². The average molecular weight is 590 g/mol. The number of nitrogens with one attached hydrogen (secondary N) is 2. The molecule has 0 radical (unpaired) electrons. The molecule has 10 nitrogen and oxygen atoms in total. The number of likely N-dealkylation sites (N-methyl/N-ethyl adjacent to an activating group) is 1. The molecule has 2 saturated carbocycles. The number of likely N-dealkylation sites (tertiary alicyclic amines) is 1. The molecule has 2 amide bonds. The molecule has 6 rings (SSSR count). The Morgan fingerprint density at radius 1 is 1.02 bits per heavy atom. The number of carbonyl (C=O) groups is 2. The lowest BCUT2D eigenvalue weighted by Gasteiger charge is -2.43. The Hall–Kier alpha value is -3.40. The third-order valence-corrected chi connectivity index (χ3v) is 9.73. The lowest BCUT2D eigenvalue weighted by atomic mass is 10.0. The highest BCUT2D eigenvalue weighted by Crippen LogP contribution is 2.41. The molecule has 4 aliphatic rings. The van der Waals surface area contributed by atoms with Crippen LogP contribution in [0.15, 0.2) is 24.4 Å². The molecule has 2 aliphatic heterocycles. The number of anilines is 4. The van der Waals surface area contributed by atoms with Crippen molar-refractivity contribution in [3.63, 3.8) is 0 Å². The highest BCUT2D eigenvalue weighted by atomic mass is 16.5. The monoisotopic (exact) mass is 589 g/mol. The fraction of sp³-hybridized carbons (Fsp3) is 0.636. The number of ether oxygens (including phenoxy) is 1. The van der Waals surface area contributed by atoms with Gasteiger partial charge in [0.15, 0.2) is 5.82 Å². The van der Waals surface area contributed by atoms with Gasteiger partial charge in [0.05, 0.1) is 18.0 Å². The standard InChI is InChI=1S/C33H47N7O3/c1-4-9-27-32(42)39(3)28-21-34-33(37-30(28)40(27)24-10-5-6-11-24)36-26-15-14-22(20-29(26)43-25-12-7-8-13-25)31(41)35-23-16-18-38(2)19-17-23/h14-15,20-21,23-25,27H,4-13,16-19H2,1-3H3,(H,35,41)(H,34,36,37)/t27-/m1/s1. The summed E-state index contributed by atoms with van der Waals surface area (Å²) in [5.41, 5.74) is 2.08. The highest BCUT2D eigenvalue weighted by molar-refractivity contribution is 6.04. The van der Waals surface area contributed by atoms with Gasteiger partial charge in [-0.05, 0) is 96.1 Å². The number of nitrogens with zero attached hydrogens (tertiary/aromatic N) is 5. The normalized spacial score (nSPS) is 22.2. The maximum absolute atomic E-state index is 13.4. The summed E-state index contributed by atoms with van der Waals surface area (Å²) in [6, 6.07) is 5.89. The van der Waals surface area contributed by atoms with Gasteiger partial charge in [-0.1, -0.05) is 26.2 Å². The molecule has 0 unspecified atom stereocenters. The summed E-state index contributed by atoms with van der Waals surface area (Å²) in [7, 11) is 3.95. The quantitative estimate of drug-likeness (QED) is 0.409. The van der Waals surface area contributed by atoms with E-state index < -0.39 is 0 Å². The summed E-state index contributed by atoms with van der Waals surface area (Å²) in [6.45, 7) is 4.12. The van der Waals surface area contributed by atoms with Gasteiger partial charge in [-0.2, -0.15) is 4.98 Å². The van der Waals surface area contributed by atoms with Crippen molar-refractivity contribution in [2.75, 3.05) is 42.3 Å². The van der Waals surface area contributed by atoms with Gasteiger partial charge in [0.25, 0.3) is 5.91 Å². The van der Waals surface area contributed by atoms with Crippen molar-refractivity contribution in [1.82, 2.24) is 20.2 Å². The van der Waals surface area contributed by atoms with Crippen LogP contribution in [0.5, 0.6) is 5.75 Å². The van der Waals surface area contributed by atoms with E-state index in [9.17, 15) is 9.59 Å². The minimum absolute atomic E-state index is 0.0655. The van der Waals surface area contributed by atoms with E-state index in [1.165, 1.54) is 12.8 Å².